The summed E-state index contributed by atoms with van der Waals surface area (Å²) in [4.78, 5) is 4.17. The molecule has 2 heterocycles. The second-order valence-electron chi connectivity index (χ2n) is 3.04. The van der Waals surface area contributed by atoms with Gasteiger partial charge in [0.15, 0.2) is 0 Å². The van der Waals surface area contributed by atoms with Crippen LogP contribution < -0.4 is 0 Å². The van der Waals surface area contributed by atoms with Crippen LogP contribution in [0.3, 0.4) is 0 Å². The molecule has 0 aliphatic heterocycles. The van der Waals surface area contributed by atoms with Gasteiger partial charge in [-0.1, -0.05) is 0 Å². The number of nitrogens with zero attached hydrogens (tertiary/aromatic N) is 3. The Morgan fingerprint density at radius 2 is 2.47 bits per heavy atom. The molecule has 2 rings (SSSR count). The van der Waals surface area contributed by atoms with Crippen LogP contribution in [0, 0.1) is 0 Å². The summed E-state index contributed by atoms with van der Waals surface area (Å²) in [5, 5.41) is 16.6. The zero-order valence-electron chi connectivity index (χ0n) is 8.09. The van der Waals surface area contributed by atoms with Crippen LogP contribution in [0.4, 0.5) is 0 Å². The van der Waals surface area contributed by atoms with Crippen LogP contribution in [-0.2, 0) is 6.54 Å². The molecule has 1 atom stereocenters. The monoisotopic (exact) mass is 287 g/mol. The first-order valence-corrected chi connectivity index (χ1v) is 6.19. The van der Waals surface area contributed by atoms with Gasteiger partial charge in [-0.3, -0.25) is 4.68 Å². The second kappa shape index (κ2) is 4.42. The summed E-state index contributed by atoms with van der Waals surface area (Å²) < 4.78 is 2.53. The van der Waals surface area contributed by atoms with Crippen molar-refractivity contribution in [1.29, 1.82) is 0 Å². The Bertz CT molecular complexity index is 454. The number of aromatic nitrogens is 3. The minimum atomic E-state index is -0.679. The number of aliphatic hydroxyl groups is 1. The molecule has 15 heavy (non-hydrogen) atoms. The summed E-state index contributed by atoms with van der Waals surface area (Å²) in [6.07, 6.45) is 2.82. The minimum Gasteiger partial charge on any atom is -0.381 e. The molecule has 0 saturated carbocycles. The summed E-state index contributed by atoms with van der Waals surface area (Å²) in [6.45, 7) is 2.80. The van der Waals surface area contributed by atoms with Crippen molar-refractivity contribution in [3.8, 4) is 0 Å². The van der Waals surface area contributed by atoms with E-state index in [-0.39, 0.29) is 0 Å². The van der Waals surface area contributed by atoms with E-state index in [1.165, 1.54) is 11.3 Å². The van der Waals surface area contributed by atoms with Crippen LogP contribution in [0.5, 0.6) is 0 Å². The van der Waals surface area contributed by atoms with E-state index in [1.54, 1.807) is 10.9 Å². The van der Waals surface area contributed by atoms with Crippen LogP contribution in [0.25, 0.3) is 0 Å². The fourth-order valence-corrected chi connectivity index (χ4v) is 2.50. The Morgan fingerprint density at radius 3 is 3.00 bits per heavy atom. The third-order valence-corrected chi connectivity index (χ3v) is 3.63. The minimum absolute atomic E-state index is 0.678. The highest BCUT2D eigenvalue weighted by Crippen LogP contribution is 2.26. The lowest BCUT2D eigenvalue weighted by molar-refractivity contribution is 0.219. The standard InChI is InChI=1S/C9H10BrN3OS/c1-2-13-4-6(3-11-13)8(14)9-12-7(10)5-15-9/h3-5,8,14H,2H2,1H3. The van der Waals surface area contributed by atoms with Crippen LogP contribution in [0.2, 0.25) is 0 Å². The molecule has 0 spiro atoms. The molecule has 0 saturated heterocycles. The predicted octanol–water partition coefficient (Wildman–Crippen LogP) is 2.20. The SMILES string of the molecule is CCn1cc(C(O)c2nc(Br)cs2)cn1. The van der Waals surface area contributed by atoms with Gasteiger partial charge in [-0.15, -0.1) is 11.3 Å². The highest BCUT2D eigenvalue weighted by atomic mass is 79.9. The second-order valence-corrected chi connectivity index (χ2v) is 4.74. The van der Waals surface area contributed by atoms with Crippen LogP contribution in [0.15, 0.2) is 22.4 Å². The van der Waals surface area contributed by atoms with Crippen molar-refractivity contribution in [1.82, 2.24) is 14.8 Å². The number of rotatable bonds is 3. The van der Waals surface area contributed by atoms with E-state index >= 15 is 0 Å². The van der Waals surface area contributed by atoms with Crippen molar-refractivity contribution in [2.45, 2.75) is 19.6 Å². The maximum absolute atomic E-state index is 9.99. The molecule has 6 heteroatoms. The fraction of sp³-hybridized carbons (Fsp3) is 0.333. The van der Waals surface area contributed by atoms with Gasteiger partial charge in [-0.2, -0.15) is 5.10 Å². The molecule has 80 valence electrons. The van der Waals surface area contributed by atoms with E-state index in [9.17, 15) is 5.11 Å². The maximum atomic E-state index is 9.99. The van der Waals surface area contributed by atoms with E-state index in [0.717, 1.165) is 16.7 Å². The van der Waals surface area contributed by atoms with Gasteiger partial charge in [0, 0.05) is 23.7 Å². The maximum Gasteiger partial charge on any atom is 0.134 e. The average Bonchev–Trinajstić information content (AvgIpc) is 2.84. The van der Waals surface area contributed by atoms with E-state index in [2.05, 4.69) is 26.0 Å². The molecule has 0 radical (unpaired) electrons. The molecule has 0 fully saturated rings. The van der Waals surface area contributed by atoms with Gasteiger partial charge in [0.25, 0.3) is 0 Å². The first-order valence-electron chi connectivity index (χ1n) is 4.52. The summed E-state index contributed by atoms with van der Waals surface area (Å²) in [6, 6.07) is 0. The lowest BCUT2D eigenvalue weighted by Crippen LogP contribution is -1.98. The molecular weight excluding hydrogens is 278 g/mol. The zero-order valence-corrected chi connectivity index (χ0v) is 10.5. The van der Waals surface area contributed by atoms with Gasteiger partial charge in [-0.05, 0) is 22.9 Å². The number of hydrogen-bond donors (Lipinski definition) is 1. The third-order valence-electron chi connectivity index (χ3n) is 2.02. The Hall–Kier alpha value is -0.720. The first kappa shape index (κ1) is 10.8. The molecule has 0 aliphatic rings. The highest BCUT2D eigenvalue weighted by Gasteiger charge is 2.15. The van der Waals surface area contributed by atoms with E-state index in [4.69, 9.17) is 0 Å². The van der Waals surface area contributed by atoms with Gasteiger partial charge >= 0.3 is 0 Å². The Kier molecular flexibility index (Phi) is 3.18. The fourth-order valence-electron chi connectivity index (χ4n) is 1.23. The summed E-state index contributed by atoms with van der Waals surface area (Å²) in [7, 11) is 0. The summed E-state index contributed by atoms with van der Waals surface area (Å²) >= 11 is 4.68. The number of hydrogen-bond acceptors (Lipinski definition) is 4. The van der Waals surface area contributed by atoms with Crippen LogP contribution in [-0.4, -0.2) is 19.9 Å². The molecule has 0 aromatic carbocycles. The largest absolute Gasteiger partial charge is 0.381 e. The smallest absolute Gasteiger partial charge is 0.134 e. The molecule has 0 aliphatic carbocycles. The molecule has 2 aromatic heterocycles. The van der Waals surface area contributed by atoms with Crippen LogP contribution >= 0.6 is 27.3 Å². The average molecular weight is 288 g/mol. The molecular formula is C9H10BrN3OS. The predicted molar refractivity (Wildman–Crippen MR) is 61.8 cm³/mol. The number of aryl methyl sites for hydroxylation is 1. The molecule has 0 amide bonds. The lowest BCUT2D eigenvalue weighted by Gasteiger charge is -2.02. The Morgan fingerprint density at radius 1 is 1.67 bits per heavy atom. The van der Waals surface area contributed by atoms with E-state index in [0.29, 0.717) is 5.01 Å². The first-order chi connectivity index (χ1) is 7.20. The van der Waals surface area contributed by atoms with Crippen molar-refractivity contribution < 1.29 is 5.11 Å². The molecule has 2 aromatic rings. The number of halogens is 1. The lowest BCUT2D eigenvalue weighted by atomic mass is 10.2. The molecule has 0 bridgehead atoms. The zero-order chi connectivity index (χ0) is 10.8. The molecule has 4 nitrogen and oxygen atoms in total. The van der Waals surface area contributed by atoms with Gasteiger partial charge in [0.1, 0.15) is 15.7 Å². The molecule has 1 unspecified atom stereocenters. The topological polar surface area (TPSA) is 50.9 Å². The van der Waals surface area contributed by atoms with Crippen molar-refractivity contribution in [3.63, 3.8) is 0 Å². The summed E-state index contributed by atoms with van der Waals surface area (Å²) in [5.41, 5.74) is 0.777. The van der Waals surface area contributed by atoms with Crippen molar-refractivity contribution in [2.24, 2.45) is 0 Å². The van der Waals surface area contributed by atoms with Crippen molar-refractivity contribution in [2.75, 3.05) is 0 Å². The number of thiazole rings is 1. The quantitative estimate of drug-likeness (QED) is 0.942. The molecule has 1 N–H and O–H groups in total. The van der Waals surface area contributed by atoms with Crippen LogP contribution in [0.1, 0.15) is 23.6 Å². The third kappa shape index (κ3) is 2.27. The van der Waals surface area contributed by atoms with Gasteiger partial charge in [0.05, 0.1) is 6.20 Å². The number of aliphatic hydroxyl groups excluding tert-OH is 1. The van der Waals surface area contributed by atoms with Gasteiger partial charge in [0.2, 0.25) is 0 Å². The van der Waals surface area contributed by atoms with Gasteiger partial charge < -0.3 is 5.11 Å². The van der Waals surface area contributed by atoms with E-state index in [1.807, 2.05) is 18.5 Å². The highest BCUT2D eigenvalue weighted by molar-refractivity contribution is 9.10. The summed E-state index contributed by atoms with van der Waals surface area (Å²) in [5.74, 6) is 0. The van der Waals surface area contributed by atoms with Gasteiger partial charge in [-0.25, -0.2) is 4.98 Å². The Labute approximate surface area is 99.7 Å². The van der Waals surface area contributed by atoms with Crippen molar-refractivity contribution >= 4 is 27.3 Å². The Balaban J connectivity index is 2.23. The van der Waals surface area contributed by atoms with Crippen molar-refractivity contribution in [3.05, 3.63) is 32.9 Å². The van der Waals surface area contributed by atoms with E-state index < -0.39 is 6.10 Å². The normalized spacial score (nSPS) is 13.0.